The maximum absolute atomic E-state index is 13.0. The number of carbonyl (C=O) groups excluding carboxylic acids is 1. The van der Waals surface area contributed by atoms with Crippen molar-refractivity contribution >= 4 is 11.9 Å². The Hall–Kier alpha value is -3.19. The second-order valence-electron chi connectivity index (χ2n) is 7.31. The van der Waals surface area contributed by atoms with Crippen molar-refractivity contribution in [2.75, 3.05) is 34.4 Å². The lowest BCUT2D eigenvalue weighted by Crippen LogP contribution is -2.18. The highest BCUT2D eigenvalue weighted by Gasteiger charge is 2.32. The van der Waals surface area contributed by atoms with Crippen molar-refractivity contribution in [2.45, 2.75) is 19.4 Å². The van der Waals surface area contributed by atoms with Crippen LogP contribution in [-0.2, 0) is 6.54 Å². The van der Waals surface area contributed by atoms with Gasteiger partial charge in [0.05, 0.1) is 32.5 Å². The van der Waals surface area contributed by atoms with Crippen LogP contribution in [0.2, 0.25) is 0 Å². The van der Waals surface area contributed by atoms with Gasteiger partial charge in [-0.15, -0.1) is 0 Å². The number of aromatic hydroxyl groups is 1. The third-order valence-electron chi connectivity index (χ3n) is 5.52. The van der Waals surface area contributed by atoms with E-state index in [0.717, 1.165) is 25.9 Å². The lowest BCUT2D eigenvalue weighted by Gasteiger charge is -2.17. The first kappa shape index (κ1) is 20.1. The summed E-state index contributed by atoms with van der Waals surface area (Å²) >= 11 is 0. The quantitative estimate of drug-likeness (QED) is 0.728. The number of carbonyl (C=O) groups is 1. The maximum atomic E-state index is 13.0. The zero-order chi connectivity index (χ0) is 21.3. The molecule has 0 spiro atoms. The van der Waals surface area contributed by atoms with Crippen molar-refractivity contribution in [3.8, 4) is 28.7 Å². The Kier molecular flexibility index (Phi) is 5.55. The molecule has 1 fully saturated rings. The number of rotatable bonds is 6. The number of phenolic OH excluding ortho intramolecular Hbond substituents is 1. The molecule has 7 nitrogen and oxygen atoms in total. The zero-order valence-electron chi connectivity index (χ0n) is 17.4. The van der Waals surface area contributed by atoms with E-state index in [2.05, 4.69) is 4.90 Å². The lowest BCUT2D eigenvalue weighted by molar-refractivity contribution is 0.101. The summed E-state index contributed by atoms with van der Waals surface area (Å²) in [5, 5.41) is 10.4. The Bertz CT molecular complexity index is 1010. The van der Waals surface area contributed by atoms with Gasteiger partial charge in [0.1, 0.15) is 17.2 Å². The number of ether oxygens (including phenoxy) is 4. The van der Waals surface area contributed by atoms with Crippen LogP contribution in [0.15, 0.2) is 30.0 Å². The first-order valence-corrected chi connectivity index (χ1v) is 9.87. The summed E-state index contributed by atoms with van der Waals surface area (Å²) in [6.45, 7) is 2.50. The van der Waals surface area contributed by atoms with E-state index in [1.807, 2.05) is 0 Å². The van der Waals surface area contributed by atoms with Crippen LogP contribution in [0.4, 0.5) is 0 Å². The molecule has 7 heteroatoms. The molecule has 2 heterocycles. The van der Waals surface area contributed by atoms with Gasteiger partial charge in [-0.25, -0.2) is 0 Å². The highest BCUT2D eigenvalue weighted by molar-refractivity contribution is 6.15. The van der Waals surface area contributed by atoms with E-state index in [1.165, 1.54) is 0 Å². The predicted molar refractivity (Wildman–Crippen MR) is 112 cm³/mol. The molecular formula is C23H25NO6. The first-order chi connectivity index (χ1) is 14.5. The van der Waals surface area contributed by atoms with Crippen LogP contribution >= 0.6 is 0 Å². The van der Waals surface area contributed by atoms with Gasteiger partial charge in [0.2, 0.25) is 5.78 Å². The van der Waals surface area contributed by atoms with Crippen LogP contribution in [0.3, 0.4) is 0 Å². The SMILES string of the molecule is COc1cc(OC)c(OC)cc1C=C1Oc2c(ccc(O)c2CN2CCCC2)C1=O. The number of methoxy groups -OCH3 is 3. The maximum Gasteiger partial charge on any atom is 0.231 e. The molecule has 2 aliphatic rings. The van der Waals surface area contributed by atoms with Crippen molar-refractivity contribution < 1.29 is 28.8 Å². The summed E-state index contributed by atoms with van der Waals surface area (Å²) < 4.78 is 22.1. The van der Waals surface area contributed by atoms with E-state index in [0.29, 0.717) is 46.2 Å². The number of phenols is 1. The number of allylic oxidation sites excluding steroid dienone is 1. The van der Waals surface area contributed by atoms with Crippen LogP contribution in [0.25, 0.3) is 6.08 Å². The minimum absolute atomic E-state index is 0.137. The van der Waals surface area contributed by atoms with Gasteiger partial charge in [0, 0.05) is 18.2 Å². The monoisotopic (exact) mass is 411 g/mol. The fourth-order valence-electron chi connectivity index (χ4n) is 3.92. The smallest absolute Gasteiger partial charge is 0.231 e. The highest BCUT2D eigenvalue weighted by atomic mass is 16.5. The van der Waals surface area contributed by atoms with Crippen molar-refractivity contribution in [3.05, 3.63) is 46.7 Å². The topological polar surface area (TPSA) is 77.5 Å². The minimum Gasteiger partial charge on any atom is -0.507 e. The normalized spacial score (nSPS) is 17.2. The second kappa shape index (κ2) is 8.28. The Balaban J connectivity index is 1.71. The van der Waals surface area contributed by atoms with Crippen LogP contribution in [0.1, 0.15) is 34.3 Å². The van der Waals surface area contributed by atoms with E-state index in [9.17, 15) is 9.90 Å². The summed E-state index contributed by atoms with van der Waals surface area (Å²) in [6, 6.07) is 6.59. The second-order valence-corrected chi connectivity index (χ2v) is 7.31. The standard InChI is InChI=1S/C23H25NO6/c1-27-18-12-20(29-3)19(28-2)10-14(18)11-21-22(26)15-6-7-17(25)16(23(15)30-21)13-24-8-4-5-9-24/h6-7,10-12,25H,4-5,8-9,13H2,1-3H3. The molecule has 0 amide bonds. The molecule has 30 heavy (non-hydrogen) atoms. The third kappa shape index (κ3) is 3.57. The molecule has 0 saturated carbocycles. The first-order valence-electron chi connectivity index (χ1n) is 9.87. The molecule has 158 valence electrons. The number of hydrogen-bond acceptors (Lipinski definition) is 7. The average Bonchev–Trinajstić information content (AvgIpc) is 3.38. The molecule has 2 aromatic rings. The Morgan fingerprint density at radius 1 is 1.03 bits per heavy atom. The summed E-state index contributed by atoms with van der Waals surface area (Å²) in [6.07, 6.45) is 3.90. The molecule has 0 bridgehead atoms. The van der Waals surface area contributed by atoms with Gasteiger partial charge in [-0.3, -0.25) is 9.69 Å². The van der Waals surface area contributed by atoms with E-state index >= 15 is 0 Å². The Morgan fingerprint density at radius 2 is 1.70 bits per heavy atom. The molecular weight excluding hydrogens is 386 g/mol. The van der Waals surface area contributed by atoms with Crippen LogP contribution in [0.5, 0.6) is 28.7 Å². The lowest BCUT2D eigenvalue weighted by atomic mass is 10.0. The largest absolute Gasteiger partial charge is 0.507 e. The fourth-order valence-corrected chi connectivity index (χ4v) is 3.92. The van der Waals surface area contributed by atoms with Crippen molar-refractivity contribution in [2.24, 2.45) is 0 Å². The number of benzene rings is 2. The summed E-state index contributed by atoms with van der Waals surface area (Å²) in [4.78, 5) is 15.2. The molecule has 4 rings (SSSR count). The van der Waals surface area contributed by atoms with Gasteiger partial charge in [-0.05, 0) is 50.2 Å². The number of hydrogen-bond donors (Lipinski definition) is 1. The number of likely N-dealkylation sites (tertiary alicyclic amines) is 1. The van der Waals surface area contributed by atoms with E-state index in [4.69, 9.17) is 18.9 Å². The van der Waals surface area contributed by atoms with Gasteiger partial charge in [0.25, 0.3) is 0 Å². The van der Waals surface area contributed by atoms with Gasteiger partial charge in [-0.1, -0.05) is 0 Å². The van der Waals surface area contributed by atoms with E-state index < -0.39 is 0 Å². The fraction of sp³-hybridized carbons (Fsp3) is 0.348. The molecule has 0 aliphatic carbocycles. The van der Waals surface area contributed by atoms with Crippen molar-refractivity contribution in [3.63, 3.8) is 0 Å². The van der Waals surface area contributed by atoms with Gasteiger partial charge in [0.15, 0.2) is 17.3 Å². The molecule has 2 aromatic carbocycles. The molecule has 1 N–H and O–H groups in total. The van der Waals surface area contributed by atoms with Crippen LogP contribution in [-0.4, -0.2) is 50.2 Å². The summed E-state index contributed by atoms with van der Waals surface area (Å²) in [7, 11) is 4.63. The van der Waals surface area contributed by atoms with Gasteiger partial charge < -0.3 is 24.1 Å². The molecule has 0 aromatic heterocycles. The molecule has 1 saturated heterocycles. The average molecular weight is 411 g/mol. The number of fused-ring (bicyclic) bond motifs is 1. The number of nitrogens with zero attached hydrogens (tertiary/aromatic N) is 1. The van der Waals surface area contributed by atoms with E-state index in [1.54, 1.807) is 51.7 Å². The predicted octanol–water partition coefficient (Wildman–Crippen LogP) is 3.63. The minimum atomic E-state index is -0.232. The van der Waals surface area contributed by atoms with E-state index in [-0.39, 0.29) is 17.3 Å². The number of Topliss-reactive ketones (excluding diaryl/α,β-unsaturated/α-hetero) is 1. The molecule has 0 unspecified atom stereocenters. The van der Waals surface area contributed by atoms with Crippen LogP contribution in [0, 0.1) is 0 Å². The third-order valence-corrected chi connectivity index (χ3v) is 5.52. The van der Waals surface area contributed by atoms with Gasteiger partial charge in [-0.2, -0.15) is 0 Å². The summed E-state index contributed by atoms with van der Waals surface area (Å²) in [5.74, 6) is 2.06. The highest BCUT2D eigenvalue weighted by Crippen LogP contribution is 2.42. The zero-order valence-corrected chi connectivity index (χ0v) is 17.4. The molecule has 0 radical (unpaired) electrons. The Morgan fingerprint density at radius 3 is 2.37 bits per heavy atom. The molecule has 0 atom stereocenters. The van der Waals surface area contributed by atoms with Crippen molar-refractivity contribution in [1.82, 2.24) is 4.90 Å². The van der Waals surface area contributed by atoms with Crippen LogP contribution < -0.4 is 18.9 Å². The van der Waals surface area contributed by atoms with Crippen molar-refractivity contribution in [1.29, 1.82) is 0 Å². The Labute approximate surface area is 175 Å². The summed E-state index contributed by atoms with van der Waals surface area (Å²) in [5.41, 5.74) is 1.72. The van der Waals surface area contributed by atoms with Gasteiger partial charge >= 0.3 is 0 Å². The molecule has 2 aliphatic heterocycles. The number of ketones is 1.